The number of halogens is 1. The largest absolute Gasteiger partial charge is 0.311 e. The summed E-state index contributed by atoms with van der Waals surface area (Å²) in [6, 6.07) is 2.20. The highest BCUT2D eigenvalue weighted by Crippen LogP contribution is 2.20. The van der Waals surface area contributed by atoms with Crippen molar-refractivity contribution in [3.8, 4) is 0 Å². The van der Waals surface area contributed by atoms with Crippen molar-refractivity contribution in [3.63, 3.8) is 0 Å². The van der Waals surface area contributed by atoms with Gasteiger partial charge in [-0.05, 0) is 49.3 Å². The molecule has 0 atom stereocenters. The summed E-state index contributed by atoms with van der Waals surface area (Å²) in [6.45, 7) is 9.89. The van der Waals surface area contributed by atoms with Gasteiger partial charge in [-0.25, -0.2) is 0 Å². The van der Waals surface area contributed by atoms with Crippen molar-refractivity contribution in [3.05, 3.63) is 20.8 Å². The molecule has 2 nitrogen and oxygen atoms in total. The lowest BCUT2D eigenvalue weighted by atomic mass is 10.0. The topological polar surface area (TPSA) is 15.3 Å². The van der Waals surface area contributed by atoms with Crippen LogP contribution in [-0.4, -0.2) is 30.6 Å². The Bertz CT molecular complexity index is 336. The van der Waals surface area contributed by atoms with E-state index < -0.39 is 0 Å². The van der Waals surface area contributed by atoms with E-state index in [1.54, 1.807) is 0 Å². The molecule has 0 aromatic carbocycles. The smallest absolute Gasteiger partial charge is 0.0325 e. The molecule has 1 N–H and O–H groups in total. The van der Waals surface area contributed by atoms with Gasteiger partial charge >= 0.3 is 0 Å². The van der Waals surface area contributed by atoms with Gasteiger partial charge < -0.3 is 10.2 Å². The molecular formula is C13H23BrN2S. The monoisotopic (exact) mass is 318 g/mol. The van der Waals surface area contributed by atoms with Crippen molar-refractivity contribution in [2.75, 3.05) is 20.1 Å². The first-order valence-corrected chi connectivity index (χ1v) is 7.76. The van der Waals surface area contributed by atoms with E-state index in [9.17, 15) is 0 Å². The molecule has 1 aromatic rings. The highest BCUT2D eigenvalue weighted by Gasteiger charge is 2.13. The van der Waals surface area contributed by atoms with E-state index in [-0.39, 0.29) is 5.54 Å². The lowest BCUT2D eigenvalue weighted by molar-refractivity contribution is 0.295. The lowest BCUT2D eigenvalue weighted by Crippen LogP contribution is -2.42. The second-order valence-corrected chi connectivity index (χ2v) is 7.04. The van der Waals surface area contributed by atoms with Crippen LogP contribution < -0.4 is 5.32 Å². The van der Waals surface area contributed by atoms with Crippen molar-refractivity contribution >= 4 is 27.3 Å². The van der Waals surface area contributed by atoms with Gasteiger partial charge in [0.1, 0.15) is 0 Å². The minimum absolute atomic E-state index is 0.257. The quantitative estimate of drug-likeness (QED) is 0.824. The van der Waals surface area contributed by atoms with Gasteiger partial charge in [-0.15, -0.1) is 11.3 Å². The van der Waals surface area contributed by atoms with Gasteiger partial charge in [0.05, 0.1) is 0 Å². The fourth-order valence-corrected chi connectivity index (χ4v) is 3.02. The first-order chi connectivity index (χ1) is 7.93. The molecule has 0 amide bonds. The lowest BCUT2D eigenvalue weighted by Gasteiger charge is -2.26. The molecular weight excluding hydrogens is 296 g/mol. The first-order valence-electron chi connectivity index (χ1n) is 6.09. The van der Waals surface area contributed by atoms with E-state index in [4.69, 9.17) is 0 Å². The van der Waals surface area contributed by atoms with Gasteiger partial charge in [0.25, 0.3) is 0 Å². The molecule has 0 radical (unpaired) electrons. The number of thiophene rings is 1. The molecule has 0 bridgehead atoms. The van der Waals surface area contributed by atoms with Gasteiger partial charge in [-0.1, -0.05) is 6.92 Å². The van der Waals surface area contributed by atoms with E-state index in [2.05, 4.69) is 65.4 Å². The fraction of sp³-hybridized carbons (Fsp3) is 0.692. The highest BCUT2D eigenvalue weighted by atomic mass is 79.9. The third-order valence-electron chi connectivity index (χ3n) is 3.03. The number of nitrogens with zero attached hydrogens (tertiary/aromatic N) is 1. The second kappa shape index (κ2) is 6.88. The molecule has 98 valence electrons. The maximum Gasteiger partial charge on any atom is 0.0325 e. The minimum atomic E-state index is 0.257. The molecule has 17 heavy (non-hydrogen) atoms. The van der Waals surface area contributed by atoms with Gasteiger partial charge in [-0.3, -0.25) is 0 Å². The van der Waals surface area contributed by atoms with Crippen LogP contribution in [0, 0.1) is 0 Å². The van der Waals surface area contributed by atoms with Gasteiger partial charge in [0.15, 0.2) is 0 Å². The Hall–Kier alpha value is 0.1000. The van der Waals surface area contributed by atoms with Crippen LogP contribution in [0.5, 0.6) is 0 Å². The summed E-state index contributed by atoms with van der Waals surface area (Å²) in [5.41, 5.74) is 0.257. The molecule has 0 aliphatic rings. The zero-order valence-electron chi connectivity index (χ0n) is 11.2. The summed E-state index contributed by atoms with van der Waals surface area (Å²) in [7, 11) is 2.17. The van der Waals surface area contributed by atoms with Crippen LogP contribution in [0.2, 0.25) is 0 Å². The van der Waals surface area contributed by atoms with Crippen LogP contribution in [0.3, 0.4) is 0 Å². The van der Waals surface area contributed by atoms with E-state index in [0.29, 0.717) is 0 Å². The Morgan fingerprint density at radius 1 is 1.47 bits per heavy atom. The molecule has 0 saturated heterocycles. The number of likely N-dealkylation sites (N-methyl/N-ethyl adjacent to an activating group) is 1. The summed E-state index contributed by atoms with van der Waals surface area (Å²) in [6.07, 6.45) is 1.16. The standard InChI is InChI=1S/C13H23BrN2S/c1-5-13(2,3)15-6-7-16(4)9-12-8-11(14)10-17-12/h8,10,15H,5-7,9H2,1-4H3. The Morgan fingerprint density at radius 3 is 2.71 bits per heavy atom. The van der Waals surface area contributed by atoms with Crippen LogP contribution in [0.25, 0.3) is 0 Å². The summed E-state index contributed by atoms with van der Waals surface area (Å²) < 4.78 is 1.19. The summed E-state index contributed by atoms with van der Waals surface area (Å²) in [5, 5.41) is 5.72. The Kier molecular flexibility index (Phi) is 6.13. The normalized spacial score (nSPS) is 12.4. The van der Waals surface area contributed by atoms with Crippen LogP contribution in [0.15, 0.2) is 15.9 Å². The third-order valence-corrected chi connectivity index (χ3v) is 4.71. The van der Waals surface area contributed by atoms with Crippen molar-refractivity contribution in [1.82, 2.24) is 10.2 Å². The van der Waals surface area contributed by atoms with Gasteiger partial charge in [-0.2, -0.15) is 0 Å². The molecule has 4 heteroatoms. The van der Waals surface area contributed by atoms with E-state index >= 15 is 0 Å². The minimum Gasteiger partial charge on any atom is -0.311 e. The van der Waals surface area contributed by atoms with Crippen LogP contribution >= 0.6 is 27.3 Å². The van der Waals surface area contributed by atoms with Gasteiger partial charge in [0.2, 0.25) is 0 Å². The summed E-state index contributed by atoms with van der Waals surface area (Å²) >= 11 is 5.30. The fourth-order valence-electron chi connectivity index (χ4n) is 1.49. The molecule has 1 aromatic heterocycles. The zero-order valence-corrected chi connectivity index (χ0v) is 13.6. The molecule has 0 spiro atoms. The molecule has 1 rings (SSSR count). The molecule has 1 heterocycles. The average Bonchev–Trinajstić information content (AvgIpc) is 2.63. The zero-order chi connectivity index (χ0) is 12.9. The molecule has 0 aliphatic heterocycles. The van der Waals surface area contributed by atoms with Crippen LogP contribution in [-0.2, 0) is 6.54 Å². The predicted molar refractivity (Wildman–Crippen MR) is 80.7 cm³/mol. The highest BCUT2D eigenvalue weighted by molar-refractivity contribution is 9.10. The Balaban J connectivity index is 2.24. The molecule has 0 aliphatic carbocycles. The Labute approximate surface area is 118 Å². The Morgan fingerprint density at radius 2 is 2.18 bits per heavy atom. The van der Waals surface area contributed by atoms with E-state index in [1.807, 2.05) is 11.3 Å². The van der Waals surface area contributed by atoms with Crippen molar-refractivity contribution in [2.45, 2.75) is 39.3 Å². The SMILES string of the molecule is CCC(C)(C)NCCN(C)Cc1cc(Br)cs1. The van der Waals surface area contributed by atoms with Crippen molar-refractivity contribution in [2.24, 2.45) is 0 Å². The van der Waals surface area contributed by atoms with Crippen molar-refractivity contribution < 1.29 is 0 Å². The predicted octanol–water partition coefficient (Wildman–Crippen LogP) is 3.72. The number of rotatable bonds is 7. The van der Waals surface area contributed by atoms with E-state index in [0.717, 1.165) is 26.1 Å². The third kappa shape index (κ3) is 6.00. The molecule has 0 saturated carbocycles. The summed E-state index contributed by atoms with van der Waals surface area (Å²) in [5.74, 6) is 0. The maximum atomic E-state index is 3.58. The first kappa shape index (κ1) is 15.2. The molecule has 0 fully saturated rings. The van der Waals surface area contributed by atoms with E-state index in [1.165, 1.54) is 9.35 Å². The maximum absolute atomic E-state index is 3.58. The molecule has 0 unspecified atom stereocenters. The summed E-state index contributed by atoms with van der Waals surface area (Å²) in [4.78, 5) is 3.77. The number of hydrogen-bond acceptors (Lipinski definition) is 3. The number of hydrogen-bond donors (Lipinski definition) is 1. The van der Waals surface area contributed by atoms with Crippen molar-refractivity contribution in [1.29, 1.82) is 0 Å². The second-order valence-electron chi connectivity index (χ2n) is 5.13. The van der Waals surface area contributed by atoms with Crippen LogP contribution in [0.4, 0.5) is 0 Å². The number of nitrogens with one attached hydrogen (secondary N) is 1. The average molecular weight is 319 g/mol. The van der Waals surface area contributed by atoms with Gasteiger partial charge in [0, 0.05) is 39.9 Å². The van der Waals surface area contributed by atoms with Crippen LogP contribution in [0.1, 0.15) is 32.1 Å².